The predicted molar refractivity (Wildman–Crippen MR) is 139 cm³/mol. The largest absolute Gasteiger partial charge is 0.489 e. The van der Waals surface area contributed by atoms with Crippen LogP contribution in [0.5, 0.6) is 5.75 Å². The van der Waals surface area contributed by atoms with Gasteiger partial charge in [-0.2, -0.15) is 0 Å². The first kappa shape index (κ1) is 24.0. The molecule has 0 aliphatic heterocycles. The molecule has 0 saturated carbocycles. The number of benzene rings is 4. The summed E-state index contributed by atoms with van der Waals surface area (Å²) in [6.07, 6.45) is 0.0620. The van der Waals surface area contributed by atoms with Crippen LogP contribution in [0.25, 0.3) is 0 Å². The van der Waals surface area contributed by atoms with E-state index in [1.165, 1.54) is 0 Å². The molecule has 4 aromatic rings. The molecule has 2 amide bonds. The molecule has 0 fully saturated rings. The fraction of sp³-hybridized carbons (Fsp3) is 0.103. The van der Waals surface area contributed by atoms with Crippen LogP contribution in [0, 0.1) is 0 Å². The molecular weight excluding hydrogens is 460 g/mol. The molecule has 0 spiro atoms. The maximum atomic E-state index is 12.9. The highest BCUT2D eigenvalue weighted by atomic mass is 35.5. The van der Waals surface area contributed by atoms with E-state index in [-0.39, 0.29) is 18.2 Å². The molecule has 0 bridgehead atoms. The van der Waals surface area contributed by atoms with Crippen LogP contribution in [0.2, 0.25) is 5.02 Å². The van der Waals surface area contributed by atoms with Gasteiger partial charge >= 0.3 is 0 Å². The van der Waals surface area contributed by atoms with E-state index in [0.717, 1.165) is 11.1 Å². The second-order valence-electron chi connectivity index (χ2n) is 7.97. The lowest BCUT2D eigenvalue weighted by Crippen LogP contribution is -2.31. The van der Waals surface area contributed by atoms with Gasteiger partial charge in [-0.25, -0.2) is 0 Å². The molecule has 4 aromatic carbocycles. The van der Waals surface area contributed by atoms with Crippen molar-refractivity contribution < 1.29 is 14.3 Å². The Morgan fingerprint density at radius 1 is 0.771 bits per heavy atom. The third kappa shape index (κ3) is 6.95. The summed E-state index contributed by atoms with van der Waals surface area (Å²) in [5.74, 6) is 0.148. The highest BCUT2D eigenvalue weighted by molar-refractivity contribution is 6.33. The Bertz CT molecular complexity index is 1260. The van der Waals surface area contributed by atoms with E-state index in [4.69, 9.17) is 16.3 Å². The summed E-state index contributed by atoms with van der Waals surface area (Å²) >= 11 is 6.18. The number of ether oxygens (including phenoxy) is 1. The van der Waals surface area contributed by atoms with Crippen molar-refractivity contribution in [3.63, 3.8) is 0 Å². The monoisotopic (exact) mass is 484 g/mol. The average molecular weight is 485 g/mol. The number of halogens is 1. The summed E-state index contributed by atoms with van der Waals surface area (Å²) in [7, 11) is 0. The molecule has 0 heterocycles. The first-order valence-electron chi connectivity index (χ1n) is 11.3. The van der Waals surface area contributed by atoms with Crippen molar-refractivity contribution >= 4 is 29.1 Å². The van der Waals surface area contributed by atoms with Gasteiger partial charge < -0.3 is 15.4 Å². The standard InChI is InChI=1S/C29H25ClN2O3/c30-26-14-8-7-13-25(26)29(34)32-27(22-11-5-2-6-12-22)19-28(33)31-23-15-17-24(18-16-23)35-20-21-9-3-1-4-10-21/h1-18,27H,19-20H2,(H,31,33)(H,32,34)/t27-/m0/s1. The van der Waals surface area contributed by atoms with Crippen LogP contribution in [0.3, 0.4) is 0 Å². The highest BCUT2D eigenvalue weighted by Crippen LogP contribution is 2.22. The Balaban J connectivity index is 1.38. The molecule has 35 heavy (non-hydrogen) atoms. The molecule has 0 radical (unpaired) electrons. The summed E-state index contributed by atoms with van der Waals surface area (Å²) in [5, 5.41) is 6.20. The lowest BCUT2D eigenvalue weighted by molar-refractivity contribution is -0.116. The Morgan fingerprint density at radius 3 is 2.09 bits per heavy atom. The van der Waals surface area contributed by atoms with E-state index in [0.29, 0.717) is 28.6 Å². The molecule has 0 aromatic heterocycles. The van der Waals surface area contributed by atoms with E-state index < -0.39 is 6.04 Å². The minimum atomic E-state index is -0.520. The number of nitrogens with one attached hydrogen (secondary N) is 2. The van der Waals surface area contributed by atoms with Gasteiger partial charge in [0.1, 0.15) is 12.4 Å². The number of amides is 2. The predicted octanol–water partition coefficient (Wildman–Crippen LogP) is 6.42. The molecule has 0 saturated heterocycles. The zero-order valence-electron chi connectivity index (χ0n) is 19.0. The Kier molecular flexibility index (Phi) is 8.15. The number of hydrogen-bond acceptors (Lipinski definition) is 3. The van der Waals surface area contributed by atoms with Crippen LogP contribution in [0.1, 0.15) is 33.9 Å². The highest BCUT2D eigenvalue weighted by Gasteiger charge is 2.20. The maximum absolute atomic E-state index is 12.9. The first-order chi connectivity index (χ1) is 17.1. The van der Waals surface area contributed by atoms with Crippen molar-refractivity contribution in [2.75, 3.05) is 5.32 Å². The van der Waals surface area contributed by atoms with Crippen molar-refractivity contribution in [2.45, 2.75) is 19.1 Å². The minimum Gasteiger partial charge on any atom is -0.489 e. The van der Waals surface area contributed by atoms with Gasteiger partial charge in [0.25, 0.3) is 5.91 Å². The molecule has 5 nitrogen and oxygen atoms in total. The van der Waals surface area contributed by atoms with Crippen molar-refractivity contribution in [3.8, 4) is 5.75 Å². The Hall–Kier alpha value is -4.09. The molecule has 2 N–H and O–H groups in total. The van der Waals surface area contributed by atoms with Crippen LogP contribution < -0.4 is 15.4 Å². The zero-order chi connectivity index (χ0) is 24.5. The molecule has 6 heteroatoms. The zero-order valence-corrected chi connectivity index (χ0v) is 19.7. The Labute approximate surface area is 209 Å². The lowest BCUT2D eigenvalue weighted by atomic mass is 10.0. The quantitative estimate of drug-likeness (QED) is 0.288. The van der Waals surface area contributed by atoms with Gasteiger partial charge in [-0.1, -0.05) is 84.4 Å². The van der Waals surface area contributed by atoms with E-state index >= 15 is 0 Å². The Morgan fingerprint density at radius 2 is 1.40 bits per heavy atom. The van der Waals surface area contributed by atoms with Gasteiger partial charge in [-0.05, 0) is 47.5 Å². The number of carbonyl (C=O) groups is 2. The summed E-state index contributed by atoms with van der Waals surface area (Å²) in [4.78, 5) is 25.7. The van der Waals surface area contributed by atoms with Crippen molar-refractivity contribution in [2.24, 2.45) is 0 Å². The smallest absolute Gasteiger partial charge is 0.253 e. The lowest BCUT2D eigenvalue weighted by Gasteiger charge is -2.19. The summed E-state index contributed by atoms with van der Waals surface area (Å²) < 4.78 is 5.80. The third-order valence-corrected chi connectivity index (χ3v) is 5.73. The summed E-state index contributed by atoms with van der Waals surface area (Å²) in [6, 6.07) is 32.8. The molecule has 0 aliphatic carbocycles. The van der Waals surface area contributed by atoms with Gasteiger partial charge in [-0.15, -0.1) is 0 Å². The van der Waals surface area contributed by atoms with E-state index in [1.807, 2.05) is 72.8 Å². The molecule has 0 unspecified atom stereocenters. The van der Waals surface area contributed by atoms with Crippen LogP contribution in [0.15, 0.2) is 109 Å². The van der Waals surface area contributed by atoms with E-state index in [1.54, 1.807) is 36.4 Å². The van der Waals surface area contributed by atoms with E-state index in [9.17, 15) is 9.59 Å². The van der Waals surface area contributed by atoms with Gasteiger partial charge in [0.15, 0.2) is 0 Å². The van der Waals surface area contributed by atoms with Crippen molar-refractivity contribution in [3.05, 3.63) is 131 Å². The van der Waals surface area contributed by atoms with Gasteiger partial charge in [0.2, 0.25) is 5.91 Å². The van der Waals surface area contributed by atoms with E-state index in [2.05, 4.69) is 10.6 Å². The summed E-state index contributed by atoms with van der Waals surface area (Å²) in [5.41, 5.74) is 2.91. The molecule has 0 aliphatic rings. The summed E-state index contributed by atoms with van der Waals surface area (Å²) in [6.45, 7) is 0.469. The number of anilines is 1. The molecule has 176 valence electrons. The number of hydrogen-bond donors (Lipinski definition) is 2. The van der Waals surface area contributed by atoms with Crippen molar-refractivity contribution in [1.29, 1.82) is 0 Å². The third-order valence-electron chi connectivity index (χ3n) is 5.40. The van der Waals surface area contributed by atoms with Crippen LogP contribution in [0.4, 0.5) is 5.69 Å². The normalized spacial score (nSPS) is 11.3. The minimum absolute atomic E-state index is 0.0620. The van der Waals surface area contributed by atoms with Crippen LogP contribution >= 0.6 is 11.6 Å². The van der Waals surface area contributed by atoms with Gasteiger partial charge in [0.05, 0.1) is 23.0 Å². The fourth-order valence-electron chi connectivity index (χ4n) is 3.59. The van der Waals surface area contributed by atoms with Crippen molar-refractivity contribution in [1.82, 2.24) is 5.32 Å². The van der Waals surface area contributed by atoms with Gasteiger partial charge in [-0.3, -0.25) is 9.59 Å². The second kappa shape index (κ2) is 11.9. The second-order valence-corrected chi connectivity index (χ2v) is 8.37. The topological polar surface area (TPSA) is 67.4 Å². The molecule has 4 rings (SSSR count). The number of carbonyl (C=O) groups excluding carboxylic acids is 2. The fourth-order valence-corrected chi connectivity index (χ4v) is 3.81. The molecular formula is C29H25ClN2O3. The number of rotatable bonds is 9. The first-order valence-corrected chi connectivity index (χ1v) is 11.6. The van der Waals surface area contributed by atoms with Crippen LogP contribution in [-0.4, -0.2) is 11.8 Å². The van der Waals surface area contributed by atoms with Crippen LogP contribution in [-0.2, 0) is 11.4 Å². The van der Waals surface area contributed by atoms with Gasteiger partial charge in [0, 0.05) is 5.69 Å². The molecule has 1 atom stereocenters. The SMILES string of the molecule is O=C(C[C@H](NC(=O)c1ccccc1Cl)c1ccccc1)Nc1ccc(OCc2ccccc2)cc1. The maximum Gasteiger partial charge on any atom is 0.253 e. The average Bonchev–Trinajstić information content (AvgIpc) is 2.89.